The number of piperidine rings is 2. The van der Waals surface area contributed by atoms with Gasteiger partial charge in [0, 0.05) is 33.3 Å². The molecule has 1 aromatic carbocycles. The minimum Gasteiger partial charge on any atom is -0.444 e. The SMILES string of the molecule is CC(C)(C)OC(=O)N1CCC(C2CCN(C3c4ncc(Br)cc4CCc4cc(Cl)cc(Br)c43)CC2)CC1. The van der Waals surface area contributed by atoms with E-state index in [1.54, 1.807) is 0 Å². The van der Waals surface area contributed by atoms with Gasteiger partial charge in [0.15, 0.2) is 0 Å². The molecule has 5 nitrogen and oxygen atoms in total. The summed E-state index contributed by atoms with van der Waals surface area (Å²) >= 11 is 14.0. The molecule has 2 aromatic rings. The van der Waals surface area contributed by atoms with Gasteiger partial charge in [-0.3, -0.25) is 9.88 Å². The molecule has 1 aliphatic carbocycles. The van der Waals surface area contributed by atoms with E-state index in [1.807, 2.05) is 37.9 Å². The Labute approximate surface area is 242 Å². The molecular formula is C29H36Br2ClN3O2. The highest BCUT2D eigenvalue weighted by Gasteiger charge is 2.37. The summed E-state index contributed by atoms with van der Waals surface area (Å²) in [5.41, 5.74) is 4.68. The van der Waals surface area contributed by atoms with Crippen molar-refractivity contribution < 1.29 is 9.53 Å². The Kier molecular flexibility index (Phi) is 8.26. The number of nitrogens with zero attached hydrogens (tertiary/aromatic N) is 3. The van der Waals surface area contributed by atoms with Gasteiger partial charge < -0.3 is 9.64 Å². The standard InChI is InChI=1S/C29H36Br2ClN3O2/c1-29(2,3)37-28(36)35-12-8-19(9-13-35)18-6-10-34(11-7-18)27-25-20(15-23(32)16-24(25)31)4-5-21-14-22(30)17-33-26(21)27/h14-19,27H,4-13H2,1-3H3. The van der Waals surface area contributed by atoms with Gasteiger partial charge >= 0.3 is 6.09 Å². The van der Waals surface area contributed by atoms with Crippen molar-refractivity contribution in [3.05, 3.63) is 60.7 Å². The monoisotopic (exact) mass is 651 g/mol. The van der Waals surface area contributed by atoms with Gasteiger partial charge in [-0.25, -0.2) is 4.79 Å². The molecule has 3 aliphatic rings. The second-order valence-electron chi connectivity index (χ2n) is 11.7. The molecule has 2 saturated heterocycles. The largest absolute Gasteiger partial charge is 0.444 e. The van der Waals surface area contributed by atoms with Crippen molar-refractivity contribution in [3.8, 4) is 0 Å². The number of aryl methyl sites for hydroxylation is 2. The number of ether oxygens (including phenoxy) is 1. The average Bonchev–Trinajstić information content (AvgIpc) is 3.00. The normalized spacial score (nSPS) is 21.8. The summed E-state index contributed by atoms with van der Waals surface area (Å²) in [6.07, 6.45) is 8.19. The molecule has 5 rings (SSSR count). The number of benzene rings is 1. The number of carbonyl (C=O) groups excluding carboxylic acids is 1. The molecule has 0 radical (unpaired) electrons. The number of hydrogen-bond donors (Lipinski definition) is 0. The van der Waals surface area contributed by atoms with Crippen molar-refractivity contribution in [1.29, 1.82) is 0 Å². The van der Waals surface area contributed by atoms with Gasteiger partial charge in [0.25, 0.3) is 0 Å². The van der Waals surface area contributed by atoms with Crippen LogP contribution >= 0.6 is 43.5 Å². The van der Waals surface area contributed by atoms with Crippen molar-refractivity contribution in [2.24, 2.45) is 11.8 Å². The number of amides is 1. The van der Waals surface area contributed by atoms with Crippen molar-refractivity contribution in [2.45, 2.75) is 70.9 Å². The average molecular weight is 654 g/mol. The lowest BCUT2D eigenvalue weighted by Crippen LogP contribution is -2.45. The second-order valence-corrected chi connectivity index (χ2v) is 13.9. The van der Waals surface area contributed by atoms with Gasteiger partial charge in [-0.15, -0.1) is 0 Å². The van der Waals surface area contributed by atoms with Crippen molar-refractivity contribution in [2.75, 3.05) is 26.2 Å². The molecule has 0 bridgehead atoms. The first-order valence-corrected chi connectivity index (χ1v) is 15.4. The Morgan fingerprint density at radius 3 is 2.24 bits per heavy atom. The predicted molar refractivity (Wildman–Crippen MR) is 155 cm³/mol. The summed E-state index contributed by atoms with van der Waals surface area (Å²) in [6.45, 7) is 9.49. The summed E-state index contributed by atoms with van der Waals surface area (Å²) in [5, 5.41) is 0.779. The second kappa shape index (κ2) is 11.1. The van der Waals surface area contributed by atoms with E-state index in [9.17, 15) is 4.79 Å². The smallest absolute Gasteiger partial charge is 0.410 e. The van der Waals surface area contributed by atoms with Crippen LogP contribution < -0.4 is 0 Å². The minimum atomic E-state index is -0.443. The molecular weight excluding hydrogens is 618 g/mol. The zero-order valence-corrected chi connectivity index (χ0v) is 25.8. The zero-order chi connectivity index (χ0) is 26.3. The quantitative estimate of drug-likeness (QED) is 0.332. The summed E-state index contributed by atoms with van der Waals surface area (Å²) in [6, 6.07) is 6.53. The van der Waals surface area contributed by atoms with Gasteiger partial charge in [-0.2, -0.15) is 0 Å². The van der Waals surface area contributed by atoms with Crippen LogP contribution in [0.5, 0.6) is 0 Å². The number of fused-ring (bicyclic) bond motifs is 2. The fourth-order valence-corrected chi connectivity index (χ4v) is 7.85. The van der Waals surface area contributed by atoms with Crippen LogP contribution in [0.3, 0.4) is 0 Å². The molecule has 1 aromatic heterocycles. The van der Waals surface area contributed by atoms with Crippen LogP contribution in [-0.4, -0.2) is 52.7 Å². The van der Waals surface area contributed by atoms with Crippen LogP contribution in [0.25, 0.3) is 0 Å². The van der Waals surface area contributed by atoms with E-state index in [0.29, 0.717) is 11.8 Å². The summed E-state index contributed by atoms with van der Waals surface area (Å²) < 4.78 is 7.70. The third-order valence-corrected chi connectivity index (χ3v) is 9.45. The minimum absolute atomic E-state index is 0.127. The highest BCUT2D eigenvalue weighted by molar-refractivity contribution is 9.10. The van der Waals surface area contributed by atoms with E-state index in [0.717, 1.165) is 65.8 Å². The maximum atomic E-state index is 12.5. The molecule has 1 unspecified atom stereocenters. The highest BCUT2D eigenvalue weighted by atomic mass is 79.9. The maximum absolute atomic E-state index is 12.5. The van der Waals surface area contributed by atoms with E-state index in [1.165, 1.54) is 35.2 Å². The van der Waals surface area contributed by atoms with E-state index >= 15 is 0 Å². The number of aromatic nitrogens is 1. The third kappa shape index (κ3) is 6.21. The number of pyridine rings is 1. The Bertz CT molecular complexity index is 1150. The molecule has 1 amide bonds. The van der Waals surface area contributed by atoms with Gasteiger partial charge in [0.05, 0.1) is 11.7 Å². The molecule has 3 heterocycles. The lowest BCUT2D eigenvalue weighted by Gasteiger charge is -2.42. The predicted octanol–water partition coefficient (Wildman–Crippen LogP) is 7.81. The van der Waals surface area contributed by atoms with E-state index in [4.69, 9.17) is 21.3 Å². The number of likely N-dealkylation sites (tertiary alicyclic amines) is 2. The molecule has 1 atom stereocenters. The van der Waals surface area contributed by atoms with Gasteiger partial charge in [-0.1, -0.05) is 27.5 Å². The molecule has 8 heteroatoms. The Morgan fingerprint density at radius 2 is 1.59 bits per heavy atom. The first-order chi connectivity index (χ1) is 17.6. The summed E-state index contributed by atoms with van der Waals surface area (Å²) in [4.78, 5) is 22.0. The first kappa shape index (κ1) is 27.4. The summed E-state index contributed by atoms with van der Waals surface area (Å²) in [5.74, 6) is 1.38. The Morgan fingerprint density at radius 1 is 0.973 bits per heavy atom. The van der Waals surface area contributed by atoms with Crippen LogP contribution in [0.1, 0.15) is 74.9 Å². The van der Waals surface area contributed by atoms with Crippen molar-refractivity contribution in [3.63, 3.8) is 0 Å². The Hall–Kier alpha value is -1.15. The highest BCUT2D eigenvalue weighted by Crippen LogP contribution is 2.44. The number of hydrogen-bond acceptors (Lipinski definition) is 4. The topological polar surface area (TPSA) is 45.7 Å². The van der Waals surface area contributed by atoms with E-state index in [-0.39, 0.29) is 12.1 Å². The first-order valence-electron chi connectivity index (χ1n) is 13.4. The fourth-order valence-electron chi connectivity index (χ4n) is 6.38. The fraction of sp³-hybridized carbons (Fsp3) is 0.586. The van der Waals surface area contributed by atoms with E-state index in [2.05, 4.69) is 48.9 Å². The maximum Gasteiger partial charge on any atom is 0.410 e. The van der Waals surface area contributed by atoms with Gasteiger partial charge in [-0.05, 0) is 135 Å². The molecule has 200 valence electrons. The van der Waals surface area contributed by atoms with Crippen molar-refractivity contribution in [1.82, 2.24) is 14.8 Å². The van der Waals surface area contributed by atoms with Crippen LogP contribution in [0.15, 0.2) is 33.3 Å². The third-order valence-electron chi connectivity index (χ3n) is 8.14. The molecule has 0 spiro atoms. The van der Waals surface area contributed by atoms with Gasteiger partial charge in [0.2, 0.25) is 0 Å². The van der Waals surface area contributed by atoms with Crippen LogP contribution in [0.2, 0.25) is 5.02 Å². The van der Waals surface area contributed by atoms with Crippen LogP contribution in [-0.2, 0) is 17.6 Å². The summed E-state index contributed by atoms with van der Waals surface area (Å²) in [7, 11) is 0. The molecule has 2 fully saturated rings. The Balaban J connectivity index is 1.29. The molecule has 0 N–H and O–H groups in total. The lowest BCUT2D eigenvalue weighted by molar-refractivity contribution is 0.0129. The molecule has 2 aliphatic heterocycles. The van der Waals surface area contributed by atoms with Crippen LogP contribution in [0, 0.1) is 11.8 Å². The number of rotatable bonds is 2. The molecule has 0 saturated carbocycles. The van der Waals surface area contributed by atoms with E-state index < -0.39 is 5.60 Å². The molecule has 37 heavy (non-hydrogen) atoms. The number of carbonyl (C=O) groups is 1. The lowest BCUT2D eigenvalue weighted by atomic mass is 9.78. The van der Waals surface area contributed by atoms with Gasteiger partial charge in [0.1, 0.15) is 5.60 Å². The number of halogens is 3. The van der Waals surface area contributed by atoms with Crippen LogP contribution in [0.4, 0.5) is 4.79 Å². The zero-order valence-electron chi connectivity index (χ0n) is 21.9. The van der Waals surface area contributed by atoms with Crippen molar-refractivity contribution >= 4 is 49.6 Å².